The van der Waals surface area contributed by atoms with Crippen LogP contribution in [0.25, 0.3) is 0 Å². The topological polar surface area (TPSA) is 18.5 Å². The standard InChI is InChI=1S/C10H16O.C8H12O/c1-2-4-10(5-3-1)6-8-11-9-7-10;1-2-4-8-6-9-5-7(8)3-1/h1-2H,3-9H2;1-2,7-8H,3-6H2. The Morgan fingerprint density at radius 3 is 2.05 bits per heavy atom. The maximum Gasteiger partial charge on any atom is 0.0500 e. The Bertz CT molecular complexity index is 338. The van der Waals surface area contributed by atoms with Crippen LogP contribution in [0.5, 0.6) is 0 Å². The highest BCUT2D eigenvalue weighted by molar-refractivity contribution is 4.98. The first-order chi connectivity index (χ1) is 9.88. The number of hydrogen-bond donors (Lipinski definition) is 0. The van der Waals surface area contributed by atoms with Crippen molar-refractivity contribution in [2.75, 3.05) is 26.4 Å². The summed E-state index contributed by atoms with van der Waals surface area (Å²) in [4.78, 5) is 0. The van der Waals surface area contributed by atoms with E-state index in [1.807, 2.05) is 0 Å². The van der Waals surface area contributed by atoms with Gasteiger partial charge in [0.2, 0.25) is 0 Å². The summed E-state index contributed by atoms with van der Waals surface area (Å²) in [6.45, 7) is 4.01. The van der Waals surface area contributed by atoms with Gasteiger partial charge in [-0.2, -0.15) is 0 Å². The monoisotopic (exact) mass is 276 g/mol. The molecule has 0 amide bonds. The summed E-state index contributed by atoms with van der Waals surface area (Å²) in [6.07, 6.45) is 18.3. The molecule has 2 heterocycles. The molecule has 2 nitrogen and oxygen atoms in total. The maximum absolute atomic E-state index is 5.37. The van der Waals surface area contributed by atoms with Crippen LogP contribution in [0.2, 0.25) is 0 Å². The lowest BCUT2D eigenvalue weighted by atomic mass is 9.72. The highest BCUT2D eigenvalue weighted by Crippen LogP contribution is 2.41. The molecule has 20 heavy (non-hydrogen) atoms. The van der Waals surface area contributed by atoms with Crippen molar-refractivity contribution in [3.63, 3.8) is 0 Å². The quantitative estimate of drug-likeness (QED) is 0.620. The minimum atomic E-state index is 0.646. The third kappa shape index (κ3) is 3.53. The van der Waals surface area contributed by atoms with Crippen molar-refractivity contribution in [2.24, 2.45) is 17.3 Å². The third-order valence-electron chi connectivity index (χ3n) is 5.49. The van der Waals surface area contributed by atoms with Crippen molar-refractivity contribution >= 4 is 0 Å². The molecular weight excluding hydrogens is 248 g/mol. The lowest BCUT2D eigenvalue weighted by Gasteiger charge is -2.38. The lowest BCUT2D eigenvalue weighted by Crippen LogP contribution is -2.30. The molecule has 2 saturated heterocycles. The summed E-state index contributed by atoms with van der Waals surface area (Å²) in [6, 6.07) is 0. The molecule has 0 aromatic rings. The second-order valence-electron chi connectivity index (χ2n) is 6.83. The van der Waals surface area contributed by atoms with Gasteiger partial charge in [0.1, 0.15) is 0 Å². The van der Waals surface area contributed by atoms with Gasteiger partial charge in [0.05, 0.1) is 13.2 Å². The molecule has 0 saturated carbocycles. The molecule has 2 heteroatoms. The molecule has 0 bridgehead atoms. The van der Waals surface area contributed by atoms with Crippen molar-refractivity contribution in [1.29, 1.82) is 0 Å². The van der Waals surface area contributed by atoms with E-state index in [-0.39, 0.29) is 0 Å². The predicted octanol–water partition coefficient (Wildman–Crippen LogP) is 4.12. The fourth-order valence-corrected chi connectivity index (χ4v) is 3.91. The van der Waals surface area contributed by atoms with Gasteiger partial charge in [0, 0.05) is 13.2 Å². The first-order valence-electron chi connectivity index (χ1n) is 8.33. The average Bonchev–Trinajstić information content (AvgIpc) is 2.98. The first-order valence-corrected chi connectivity index (χ1v) is 8.33. The van der Waals surface area contributed by atoms with Gasteiger partial charge in [-0.15, -0.1) is 0 Å². The van der Waals surface area contributed by atoms with Gasteiger partial charge in [0.25, 0.3) is 0 Å². The highest BCUT2D eigenvalue weighted by atomic mass is 16.5. The molecule has 1 spiro atoms. The molecule has 4 aliphatic rings. The van der Waals surface area contributed by atoms with E-state index in [1.54, 1.807) is 0 Å². The SMILES string of the molecule is C1=CCC2(CC1)CCOCC2.C1=CCC2COCC2C1. The molecule has 2 unspecified atom stereocenters. The number of rotatable bonds is 0. The van der Waals surface area contributed by atoms with Gasteiger partial charge in [-0.25, -0.2) is 0 Å². The van der Waals surface area contributed by atoms with Crippen molar-refractivity contribution in [1.82, 2.24) is 0 Å². The van der Waals surface area contributed by atoms with Crippen LogP contribution >= 0.6 is 0 Å². The van der Waals surface area contributed by atoms with Crippen molar-refractivity contribution in [3.8, 4) is 0 Å². The minimum Gasteiger partial charge on any atom is -0.381 e. The summed E-state index contributed by atoms with van der Waals surface area (Å²) in [5.74, 6) is 1.71. The van der Waals surface area contributed by atoms with Gasteiger partial charge in [-0.1, -0.05) is 24.3 Å². The molecule has 0 aromatic heterocycles. The molecule has 2 atom stereocenters. The van der Waals surface area contributed by atoms with E-state index < -0.39 is 0 Å². The normalized spacial score (nSPS) is 34.4. The lowest BCUT2D eigenvalue weighted by molar-refractivity contribution is 0.0101. The van der Waals surface area contributed by atoms with E-state index in [1.165, 1.54) is 44.9 Å². The van der Waals surface area contributed by atoms with Crippen molar-refractivity contribution in [3.05, 3.63) is 24.3 Å². The smallest absolute Gasteiger partial charge is 0.0500 e. The van der Waals surface area contributed by atoms with Crippen LogP contribution in [-0.2, 0) is 9.47 Å². The largest absolute Gasteiger partial charge is 0.381 e. The molecule has 0 N–H and O–H groups in total. The molecule has 2 fully saturated rings. The van der Waals surface area contributed by atoms with Crippen LogP contribution in [0.15, 0.2) is 24.3 Å². The molecule has 2 aliphatic heterocycles. The average molecular weight is 276 g/mol. The fraction of sp³-hybridized carbons (Fsp3) is 0.778. The first kappa shape index (κ1) is 14.3. The van der Waals surface area contributed by atoms with Crippen LogP contribution < -0.4 is 0 Å². The Balaban J connectivity index is 0.000000123. The summed E-state index contributed by atoms with van der Waals surface area (Å²) < 4.78 is 10.7. The zero-order valence-electron chi connectivity index (χ0n) is 12.6. The van der Waals surface area contributed by atoms with E-state index >= 15 is 0 Å². The van der Waals surface area contributed by atoms with Crippen LogP contribution in [0.4, 0.5) is 0 Å². The number of ether oxygens (including phenoxy) is 2. The number of fused-ring (bicyclic) bond motifs is 1. The van der Waals surface area contributed by atoms with Gasteiger partial charge in [-0.3, -0.25) is 0 Å². The Labute approximate surface area is 123 Å². The Morgan fingerprint density at radius 1 is 0.750 bits per heavy atom. The Hall–Kier alpha value is -0.600. The Morgan fingerprint density at radius 2 is 1.45 bits per heavy atom. The summed E-state index contributed by atoms with van der Waals surface area (Å²) in [5, 5.41) is 0. The van der Waals surface area contributed by atoms with Crippen LogP contribution in [-0.4, -0.2) is 26.4 Å². The van der Waals surface area contributed by atoms with E-state index in [2.05, 4.69) is 24.3 Å². The Kier molecular flexibility index (Phi) is 4.95. The summed E-state index contributed by atoms with van der Waals surface area (Å²) >= 11 is 0. The predicted molar refractivity (Wildman–Crippen MR) is 81.7 cm³/mol. The summed E-state index contributed by atoms with van der Waals surface area (Å²) in [7, 11) is 0. The molecular formula is C18H28O2. The second kappa shape index (κ2) is 6.91. The maximum atomic E-state index is 5.37. The third-order valence-corrected chi connectivity index (χ3v) is 5.49. The van der Waals surface area contributed by atoms with E-state index in [9.17, 15) is 0 Å². The van der Waals surface area contributed by atoms with E-state index in [0.717, 1.165) is 38.3 Å². The van der Waals surface area contributed by atoms with Crippen molar-refractivity contribution in [2.45, 2.75) is 44.9 Å². The van der Waals surface area contributed by atoms with Crippen LogP contribution in [0.3, 0.4) is 0 Å². The summed E-state index contributed by atoms with van der Waals surface area (Å²) in [5.41, 5.74) is 0.646. The van der Waals surface area contributed by atoms with Crippen molar-refractivity contribution < 1.29 is 9.47 Å². The fourth-order valence-electron chi connectivity index (χ4n) is 3.91. The van der Waals surface area contributed by atoms with Gasteiger partial charge in [-0.05, 0) is 62.2 Å². The second-order valence-corrected chi connectivity index (χ2v) is 6.83. The molecule has 112 valence electrons. The van der Waals surface area contributed by atoms with E-state index in [0.29, 0.717) is 5.41 Å². The zero-order valence-corrected chi connectivity index (χ0v) is 12.6. The van der Waals surface area contributed by atoms with E-state index in [4.69, 9.17) is 9.47 Å². The highest BCUT2D eigenvalue weighted by Gasteiger charge is 2.31. The molecule has 2 aliphatic carbocycles. The number of allylic oxidation sites excluding steroid dienone is 4. The van der Waals surface area contributed by atoms with Crippen LogP contribution in [0, 0.1) is 17.3 Å². The van der Waals surface area contributed by atoms with Gasteiger partial charge in [0.15, 0.2) is 0 Å². The zero-order chi connectivity index (χ0) is 13.7. The molecule has 0 radical (unpaired) electrons. The minimum absolute atomic E-state index is 0.646. The van der Waals surface area contributed by atoms with Gasteiger partial charge >= 0.3 is 0 Å². The molecule has 4 rings (SSSR count). The van der Waals surface area contributed by atoms with Crippen LogP contribution in [0.1, 0.15) is 44.9 Å². The molecule has 0 aromatic carbocycles. The van der Waals surface area contributed by atoms with Gasteiger partial charge < -0.3 is 9.47 Å². The number of hydrogen-bond acceptors (Lipinski definition) is 2.